The Morgan fingerprint density at radius 1 is 1.67 bits per heavy atom. The van der Waals surface area contributed by atoms with Crippen molar-refractivity contribution >= 4 is 27.3 Å². The summed E-state index contributed by atoms with van der Waals surface area (Å²) in [5.74, 6) is 0. The van der Waals surface area contributed by atoms with Gasteiger partial charge in [-0.15, -0.1) is 11.3 Å². The van der Waals surface area contributed by atoms with Gasteiger partial charge in [-0.05, 0) is 40.2 Å². The van der Waals surface area contributed by atoms with E-state index in [1.165, 1.54) is 0 Å². The molecule has 0 unspecified atom stereocenters. The lowest BCUT2D eigenvalue weighted by atomic mass is 9.74. The van der Waals surface area contributed by atoms with Crippen LogP contribution >= 0.6 is 27.3 Å². The summed E-state index contributed by atoms with van der Waals surface area (Å²) in [5, 5.41) is 11.2. The van der Waals surface area contributed by atoms with E-state index >= 15 is 0 Å². The number of hydrogen-bond donors (Lipinski definition) is 2. The maximum Gasteiger partial charge on any atom is 0.0582 e. The van der Waals surface area contributed by atoms with E-state index in [-0.39, 0.29) is 11.6 Å². The zero-order valence-corrected chi connectivity index (χ0v) is 8.86. The second-order valence-corrected chi connectivity index (χ2v) is 5.09. The van der Waals surface area contributed by atoms with Crippen LogP contribution in [0.4, 0.5) is 0 Å². The number of aliphatic hydroxyl groups excluding tert-OH is 1. The minimum Gasteiger partial charge on any atom is -0.393 e. The normalized spacial score (nSPS) is 34.8. The number of hydrogen-bond acceptors (Lipinski definition) is 3. The van der Waals surface area contributed by atoms with E-state index in [1.54, 1.807) is 11.3 Å². The maximum atomic E-state index is 9.18. The molecular formula is C8H10BrNOS. The molecule has 1 heterocycles. The third-order valence-corrected chi connectivity index (χ3v) is 4.33. The summed E-state index contributed by atoms with van der Waals surface area (Å²) in [4.78, 5) is 1.16. The van der Waals surface area contributed by atoms with Gasteiger partial charge in [0, 0.05) is 9.35 Å². The molecule has 66 valence electrons. The van der Waals surface area contributed by atoms with Gasteiger partial charge in [0.15, 0.2) is 0 Å². The van der Waals surface area contributed by atoms with Crippen molar-refractivity contribution in [2.24, 2.45) is 5.73 Å². The van der Waals surface area contributed by atoms with Gasteiger partial charge in [0.1, 0.15) is 0 Å². The Morgan fingerprint density at radius 3 is 2.75 bits per heavy atom. The Labute approximate surface area is 83.5 Å². The second kappa shape index (κ2) is 2.80. The standard InChI is InChI=1S/C8H10BrNOS/c9-6-1-2-12-7(6)8(10)3-5(11)4-8/h1-2,5,11H,3-4,10H2. The fraction of sp³-hybridized carbons (Fsp3) is 0.500. The van der Waals surface area contributed by atoms with Gasteiger partial charge in [-0.1, -0.05) is 0 Å². The average Bonchev–Trinajstić information content (AvgIpc) is 2.32. The lowest BCUT2D eigenvalue weighted by Crippen LogP contribution is -2.51. The number of nitrogens with two attached hydrogens (primary N) is 1. The van der Waals surface area contributed by atoms with Crippen molar-refractivity contribution in [2.75, 3.05) is 0 Å². The van der Waals surface area contributed by atoms with Crippen LogP contribution in [0.2, 0.25) is 0 Å². The van der Waals surface area contributed by atoms with Crippen molar-refractivity contribution in [1.29, 1.82) is 0 Å². The van der Waals surface area contributed by atoms with Crippen LogP contribution in [0.1, 0.15) is 17.7 Å². The third-order valence-electron chi connectivity index (χ3n) is 2.27. The molecule has 2 rings (SSSR count). The molecule has 12 heavy (non-hydrogen) atoms. The number of thiophene rings is 1. The molecule has 0 aromatic carbocycles. The predicted molar refractivity (Wildman–Crippen MR) is 53.1 cm³/mol. The largest absolute Gasteiger partial charge is 0.393 e. The second-order valence-electron chi connectivity index (χ2n) is 3.32. The molecule has 0 radical (unpaired) electrons. The highest BCUT2D eigenvalue weighted by Crippen LogP contribution is 2.44. The van der Waals surface area contributed by atoms with Crippen molar-refractivity contribution in [2.45, 2.75) is 24.5 Å². The SMILES string of the molecule is NC1(c2sccc2Br)CC(O)C1. The molecule has 1 fully saturated rings. The smallest absolute Gasteiger partial charge is 0.0582 e. The van der Waals surface area contributed by atoms with Gasteiger partial charge >= 0.3 is 0 Å². The van der Waals surface area contributed by atoms with Crippen molar-refractivity contribution < 1.29 is 5.11 Å². The Kier molecular flexibility index (Phi) is 2.03. The molecule has 1 aliphatic rings. The highest BCUT2D eigenvalue weighted by molar-refractivity contribution is 9.10. The van der Waals surface area contributed by atoms with Gasteiger partial charge in [0.05, 0.1) is 11.6 Å². The average molecular weight is 248 g/mol. The molecule has 1 aromatic rings. The molecule has 0 saturated heterocycles. The summed E-state index contributed by atoms with van der Waals surface area (Å²) in [5.41, 5.74) is 5.81. The maximum absolute atomic E-state index is 9.18. The zero-order valence-electron chi connectivity index (χ0n) is 6.46. The Hall–Kier alpha value is 0.1000. The van der Waals surface area contributed by atoms with Crippen LogP contribution in [-0.4, -0.2) is 11.2 Å². The van der Waals surface area contributed by atoms with E-state index in [2.05, 4.69) is 15.9 Å². The van der Waals surface area contributed by atoms with E-state index in [1.807, 2.05) is 11.4 Å². The number of rotatable bonds is 1. The van der Waals surface area contributed by atoms with Crippen molar-refractivity contribution in [3.63, 3.8) is 0 Å². The molecule has 0 bridgehead atoms. The van der Waals surface area contributed by atoms with E-state index in [4.69, 9.17) is 5.73 Å². The molecule has 0 aliphatic heterocycles. The number of aliphatic hydroxyl groups is 1. The van der Waals surface area contributed by atoms with Crippen LogP contribution in [0.25, 0.3) is 0 Å². The third kappa shape index (κ3) is 1.23. The summed E-state index contributed by atoms with van der Waals surface area (Å²) in [6, 6.07) is 2.00. The summed E-state index contributed by atoms with van der Waals surface area (Å²) in [7, 11) is 0. The molecule has 0 spiro atoms. The highest BCUT2D eigenvalue weighted by Gasteiger charge is 2.43. The fourth-order valence-corrected chi connectivity index (χ4v) is 3.52. The van der Waals surface area contributed by atoms with Gasteiger partial charge in [-0.3, -0.25) is 0 Å². The van der Waals surface area contributed by atoms with Crippen LogP contribution in [0.15, 0.2) is 15.9 Å². The van der Waals surface area contributed by atoms with E-state index < -0.39 is 0 Å². The zero-order chi connectivity index (χ0) is 8.77. The summed E-state index contributed by atoms with van der Waals surface area (Å²) < 4.78 is 1.07. The molecule has 1 aromatic heterocycles. The molecule has 2 nitrogen and oxygen atoms in total. The Bertz CT molecular complexity index is 293. The molecule has 3 N–H and O–H groups in total. The van der Waals surface area contributed by atoms with Gasteiger partial charge in [-0.2, -0.15) is 0 Å². The minimum absolute atomic E-state index is 0.205. The van der Waals surface area contributed by atoms with E-state index in [9.17, 15) is 5.11 Å². The first-order valence-electron chi connectivity index (χ1n) is 3.82. The first-order valence-corrected chi connectivity index (χ1v) is 5.49. The van der Waals surface area contributed by atoms with Gasteiger partial charge in [0.2, 0.25) is 0 Å². The van der Waals surface area contributed by atoms with E-state index in [0.717, 1.165) is 9.35 Å². The predicted octanol–water partition coefficient (Wildman–Crippen LogP) is 1.82. The molecular weight excluding hydrogens is 238 g/mol. The minimum atomic E-state index is -0.271. The van der Waals surface area contributed by atoms with Gasteiger partial charge in [-0.25, -0.2) is 0 Å². The summed E-state index contributed by atoms with van der Waals surface area (Å²) >= 11 is 5.10. The summed E-state index contributed by atoms with van der Waals surface area (Å²) in [6.07, 6.45) is 1.17. The topological polar surface area (TPSA) is 46.2 Å². The van der Waals surface area contributed by atoms with E-state index in [0.29, 0.717) is 12.8 Å². The molecule has 0 amide bonds. The van der Waals surface area contributed by atoms with Crippen LogP contribution < -0.4 is 5.73 Å². The summed E-state index contributed by atoms with van der Waals surface area (Å²) in [6.45, 7) is 0. The molecule has 1 saturated carbocycles. The first-order chi connectivity index (χ1) is 5.62. The van der Waals surface area contributed by atoms with Crippen LogP contribution in [-0.2, 0) is 5.54 Å². The quantitative estimate of drug-likeness (QED) is 0.796. The fourth-order valence-electron chi connectivity index (χ4n) is 1.62. The lowest BCUT2D eigenvalue weighted by molar-refractivity contribution is 0.0224. The van der Waals surface area contributed by atoms with Crippen molar-refractivity contribution in [3.05, 3.63) is 20.8 Å². The Balaban J connectivity index is 2.26. The van der Waals surface area contributed by atoms with Gasteiger partial charge in [0.25, 0.3) is 0 Å². The highest BCUT2D eigenvalue weighted by atomic mass is 79.9. The first kappa shape index (κ1) is 8.69. The monoisotopic (exact) mass is 247 g/mol. The lowest BCUT2D eigenvalue weighted by Gasteiger charge is -2.41. The Morgan fingerprint density at radius 2 is 2.33 bits per heavy atom. The molecule has 4 heteroatoms. The van der Waals surface area contributed by atoms with Gasteiger partial charge < -0.3 is 10.8 Å². The van der Waals surface area contributed by atoms with Crippen LogP contribution in [0, 0.1) is 0 Å². The van der Waals surface area contributed by atoms with Crippen LogP contribution in [0.3, 0.4) is 0 Å². The van der Waals surface area contributed by atoms with Crippen LogP contribution in [0.5, 0.6) is 0 Å². The molecule has 0 atom stereocenters. The number of halogens is 1. The van der Waals surface area contributed by atoms with Crippen molar-refractivity contribution in [3.8, 4) is 0 Å². The molecule has 1 aliphatic carbocycles. The van der Waals surface area contributed by atoms with Crippen molar-refractivity contribution in [1.82, 2.24) is 0 Å².